The van der Waals surface area contributed by atoms with Crippen molar-refractivity contribution in [1.29, 1.82) is 0 Å². The number of aliphatic hydroxyl groups is 1. The molecule has 0 radical (unpaired) electrons. The monoisotopic (exact) mass is 362 g/mol. The molecular formula is C19H38O6. The van der Waals surface area contributed by atoms with Crippen molar-refractivity contribution in [3.05, 3.63) is 0 Å². The van der Waals surface area contributed by atoms with Crippen LogP contribution in [0.5, 0.6) is 0 Å². The van der Waals surface area contributed by atoms with Gasteiger partial charge in [0.05, 0.1) is 0 Å². The second-order valence-electron chi connectivity index (χ2n) is 6.52. The standard InChI is InChI=1S/C18H36O3.CH2O3/c1-2-3-4-5-6-7-8-9-10-11-12-13-14-15-16-17(19)18(20)21;2-1(3)4/h17,19H,2-16H2,1H3,(H,20,21);(H2,2,3,4). The maximum absolute atomic E-state index is 10.4. The fourth-order valence-corrected chi connectivity index (χ4v) is 2.66. The largest absolute Gasteiger partial charge is 0.503 e. The number of unbranched alkanes of at least 4 members (excludes halogenated alkanes) is 13. The molecule has 0 saturated heterocycles. The molecule has 0 heterocycles. The lowest BCUT2D eigenvalue weighted by Crippen LogP contribution is -2.18. The molecule has 0 aromatic heterocycles. The van der Waals surface area contributed by atoms with Gasteiger partial charge in [-0.15, -0.1) is 0 Å². The van der Waals surface area contributed by atoms with Crippen LogP contribution in [0.4, 0.5) is 4.79 Å². The van der Waals surface area contributed by atoms with Gasteiger partial charge in [-0.2, -0.15) is 0 Å². The summed E-state index contributed by atoms with van der Waals surface area (Å²) in [5.74, 6) is -1.09. The minimum atomic E-state index is -1.83. The third kappa shape index (κ3) is 27.8. The second-order valence-corrected chi connectivity index (χ2v) is 6.52. The number of aliphatic hydroxyl groups excluding tert-OH is 1. The topological polar surface area (TPSA) is 115 Å². The highest BCUT2D eigenvalue weighted by Crippen LogP contribution is 2.13. The Morgan fingerprint density at radius 3 is 1.20 bits per heavy atom. The van der Waals surface area contributed by atoms with Crippen LogP contribution in [0.3, 0.4) is 0 Å². The van der Waals surface area contributed by atoms with Gasteiger partial charge >= 0.3 is 12.1 Å². The molecule has 4 N–H and O–H groups in total. The molecule has 0 spiro atoms. The van der Waals surface area contributed by atoms with Gasteiger partial charge in [-0.3, -0.25) is 0 Å². The first-order valence-electron chi connectivity index (χ1n) is 9.74. The van der Waals surface area contributed by atoms with E-state index in [-0.39, 0.29) is 0 Å². The Balaban J connectivity index is 0. The predicted octanol–water partition coefficient (Wildman–Crippen LogP) is 5.53. The Kier molecular flexibility index (Phi) is 21.5. The lowest BCUT2D eigenvalue weighted by Gasteiger charge is -2.05. The second kappa shape index (κ2) is 20.7. The first-order chi connectivity index (χ1) is 11.9. The van der Waals surface area contributed by atoms with E-state index < -0.39 is 18.2 Å². The van der Waals surface area contributed by atoms with Crippen molar-refractivity contribution in [3.8, 4) is 0 Å². The van der Waals surface area contributed by atoms with Crippen LogP contribution in [-0.4, -0.2) is 38.7 Å². The highest BCUT2D eigenvalue weighted by atomic mass is 16.6. The number of carboxylic acids is 1. The van der Waals surface area contributed by atoms with E-state index >= 15 is 0 Å². The number of hydrogen-bond donors (Lipinski definition) is 4. The zero-order valence-electron chi connectivity index (χ0n) is 15.8. The first kappa shape index (κ1) is 25.9. The molecule has 0 fully saturated rings. The van der Waals surface area contributed by atoms with Crippen molar-refractivity contribution < 1.29 is 30.0 Å². The van der Waals surface area contributed by atoms with Crippen LogP contribution >= 0.6 is 0 Å². The highest BCUT2D eigenvalue weighted by molar-refractivity contribution is 5.71. The average molecular weight is 363 g/mol. The van der Waals surface area contributed by atoms with Crippen molar-refractivity contribution in [1.82, 2.24) is 0 Å². The fourth-order valence-electron chi connectivity index (χ4n) is 2.66. The molecule has 1 atom stereocenters. The molecule has 0 bridgehead atoms. The van der Waals surface area contributed by atoms with Crippen molar-refractivity contribution in [3.63, 3.8) is 0 Å². The van der Waals surface area contributed by atoms with Crippen LogP contribution in [0.15, 0.2) is 0 Å². The first-order valence-corrected chi connectivity index (χ1v) is 9.74. The Bertz CT molecular complexity index is 302. The molecule has 6 nitrogen and oxygen atoms in total. The van der Waals surface area contributed by atoms with Gasteiger partial charge < -0.3 is 20.4 Å². The summed E-state index contributed by atoms with van der Waals surface area (Å²) in [6.45, 7) is 2.26. The molecule has 150 valence electrons. The fraction of sp³-hybridized carbons (Fsp3) is 0.895. The summed E-state index contributed by atoms with van der Waals surface area (Å²) in [7, 11) is 0. The molecular weight excluding hydrogens is 324 g/mol. The van der Waals surface area contributed by atoms with Crippen molar-refractivity contribution in [2.45, 2.75) is 109 Å². The Labute approximate surface area is 152 Å². The summed E-state index contributed by atoms with van der Waals surface area (Å²) in [5, 5.41) is 31.6. The number of rotatable bonds is 16. The van der Waals surface area contributed by atoms with Crippen molar-refractivity contribution >= 4 is 12.1 Å². The molecule has 0 aromatic rings. The van der Waals surface area contributed by atoms with E-state index in [0.29, 0.717) is 6.42 Å². The van der Waals surface area contributed by atoms with E-state index in [0.717, 1.165) is 12.8 Å². The number of carboxylic acid groups (broad SMARTS) is 3. The van der Waals surface area contributed by atoms with Crippen LogP contribution < -0.4 is 0 Å². The van der Waals surface area contributed by atoms with Gasteiger partial charge in [0.1, 0.15) is 0 Å². The molecule has 0 aliphatic carbocycles. The van der Waals surface area contributed by atoms with Gasteiger partial charge in [-0.05, 0) is 6.42 Å². The molecule has 0 aliphatic heterocycles. The lowest BCUT2D eigenvalue weighted by atomic mass is 10.0. The summed E-state index contributed by atoms with van der Waals surface area (Å²) in [6, 6.07) is 0. The SMILES string of the molecule is CCCCCCCCCCCCCCCCC(O)C(=O)O.O=C(O)O. The summed E-state index contributed by atoms with van der Waals surface area (Å²) in [5.41, 5.74) is 0. The van der Waals surface area contributed by atoms with E-state index in [1.54, 1.807) is 0 Å². The normalized spacial score (nSPS) is 11.4. The van der Waals surface area contributed by atoms with Gasteiger partial charge in [0.25, 0.3) is 0 Å². The zero-order chi connectivity index (χ0) is 19.3. The lowest BCUT2D eigenvalue weighted by molar-refractivity contribution is -0.146. The third-order valence-corrected chi connectivity index (χ3v) is 4.12. The summed E-state index contributed by atoms with van der Waals surface area (Å²) in [4.78, 5) is 19.0. The number of hydrogen-bond acceptors (Lipinski definition) is 3. The highest BCUT2D eigenvalue weighted by Gasteiger charge is 2.11. The van der Waals surface area contributed by atoms with E-state index in [2.05, 4.69) is 6.92 Å². The molecule has 25 heavy (non-hydrogen) atoms. The maximum atomic E-state index is 10.4. The van der Waals surface area contributed by atoms with Crippen molar-refractivity contribution in [2.75, 3.05) is 0 Å². The summed E-state index contributed by atoms with van der Waals surface area (Å²) < 4.78 is 0. The maximum Gasteiger partial charge on any atom is 0.503 e. The van der Waals surface area contributed by atoms with Crippen LogP contribution in [0.25, 0.3) is 0 Å². The smallest absolute Gasteiger partial charge is 0.479 e. The number of carbonyl (C=O) groups is 2. The average Bonchev–Trinajstić information content (AvgIpc) is 2.54. The van der Waals surface area contributed by atoms with E-state index in [1.807, 2.05) is 0 Å². The quantitative estimate of drug-likeness (QED) is 0.268. The van der Waals surface area contributed by atoms with Gasteiger partial charge in [0.15, 0.2) is 6.10 Å². The van der Waals surface area contributed by atoms with E-state index in [9.17, 15) is 4.79 Å². The van der Waals surface area contributed by atoms with Gasteiger partial charge in [-0.1, -0.05) is 96.8 Å². The Morgan fingerprint density at radius 1 is 0.640 bits per heavy atom. The number of aliphatic carboxylic acids is 1. The van der Waals surface area contributed by atoms with Gasteiger partial charge in [0.2, 0.25) is 0 Å². The van der Waals surface area contributed by atoms with E-state index in [4.69, 9.17) is 25.2 Å². The minimum absolute atomic E-state index is 0.396. The molecule has 0 saturated carbocycles. The Hall–Kier alpha value is -1.30. The molecule has 0 rings (SSSR count). The minimum Gasteiger partial charge on any atom is -0.479 e. The van der Waals surface area contributed by atoms with Crippen molar-refractivity contribution in [2.24, 2.45) is 0 Å². The molecule has 1 unspecified atom stereocenters. The van der Waals surface area contributed by atoms with Crippen LogP contribution in [-0.2, 0) is 4.79 Å². The van der Waals surface area contributed by atoms with Crippen LogP contribution in [0.2, 0.25) is 0 Å². The van der Waals surface area contributed by atoms with E-state index in [1.165, 1.54) is 77.0 Å². The van der Waals surface area contributed by atoms with Crippen LogP contribution in [0, 0.1) is 0 Å². The van der Waals surface area contributed by atoms with Gasteiger partial charge in [-0.25, -0.2) is 9.59 Å². The van der Waals surface area contributed by atoms with Crippen LogP contribution in [0.1, 0.15) is 103 Å². The molecule has 0 aromatic carbocycles. The predicted molar refractivity (Wildman–Crippen MR) is 99.2 cm³/mol. The summed E-state index contributed by atoms with van der Waals surface area (Å²) in [6.07, 6.45) is 15.4. The molecule has 0 amide bonds. The molecule has 6 heteroatoms. The Morgan fingerprint density at radius 2 is 0.920 bits per heavy atom. The summed E-state index contributed by atoms with van der Waals surface area (Å²) >= 11 is 0. The third-order valence-electron chi connectivity index (χ3n) is 4.12. The van der Waals surface area contributed by atoms with Gasteiger partial charge in [0, 0.05) is 0 Å². The zero-order valence-corrected chi connectivity index (χ0v) is 15.8. The molecule has 0 aliphatic rings.